The highest BCUT2D eigenvalue weighted by Crippen LogP contribution is 2.37. The van der Waals surface area contributed by atoms with E-state index in [1.807, 2.05) is 53.7 Å². The van der Waals surface area contributed by atoms with Gasteiger partial charge in [0.1, 0.15) is 11.2 Å². The zero-order valence-electron chi connectivity index (χ0n) is 13.7. The second kappa shape index (κ2) is 6.16. The molecule has 2 heterocycles. The Hall–Kier alpha value is -1.14. The molecule has 0 amide bonds. The molecule has 0 saturated heterocycles. The second-order valence-electron chi connectivity index (χ2n) is 6.90. The SMILES string of the molecule is CC(C)(C)Oc1ncc(-c2ccc(Br)s2)c(OC(C)(C)C)n1. The van der Waals surface area contributed by atoms with E-state index < -0.39 is 0 Å². The first-order chi connectivity index (χ1) is 10.0. The average Bonchev–Trinajstić information content (AvgIpc) is 2.71. The van der Waals surface area contributed by atoms with Gasteiger partial charge in [-0.1, -0.05) is 0 Å². The van der Waals surface area contributed by atoms with E-state index in [9.17, 15) is 0 Å². The lowest BCUT2D eigenvalue weighted by Gasteiger charge is -2.23. The highest BCUT2D eigenvalue weighted by Gasteiger charge is 2.21. The summed E-state index contributed by atoms with van der Waals surface area (Å²) in [6.07, 6.45) is 1.76. The fourth-order valence-corrected chi connectivity index (χ4v) is 3.06. The van der Waals surface area contributed by atoms with Crippen LogP contribution in [0.4, 0.5) is 0 Å². The molecular formula is C16H21BrN2O2S. The molecular weight excluding hydrogens is 364 g/mol. The lowest BCUT2D eigenvalue weighted by Crippen LogP contribution is -2.26. The zero-order valence-corrected chi connectivity index (χ0v) is 16.1. The summed E-state index contributed by atoms with van der Waals surface area (Å²) in [6, 6.07) is 4.35. The van der Waals surface area contributed by atoms with Gasteiger partial charge in [0.25, 0.3) is 0 Å². The fourth-order valence-electron chi connectivity index (χ4n) is 1.67. The minimum absolute atomic E-state index is 0.325. The smallest absolute Gasteiger partial charge is 0.320 e. The summed E-state index contributed by atoms with van der Waals surface area (Å²) < 4.78 is 12.8. The monoisotopic (exact) mass is 384 g/mol. The van der Waals surface area contributed by atoms with Crippen LogP contribution in [0.1, 0.15) is 41.5 Å². The first kappa shape index (κ1) is 17.2. The van der Waals surface area contributed by atoms with Gasteiger partial charge < -0.3 is 9.47 Å². The van der Waals surface area contributed by atoms with Crippen molar-refractivity contribution in [3.05, 3.63) is 22.1 Å². The Morgan fingerprint density at radius 2 is 1.64 bits per heavy atom. The normalized spacial score (nSPS) is 12.3. The van der Waals surface area contributed by atoms with E-state index >= 15 is 0 Å². The van der Waals surface area contributed by atoms with Crippen molar-refractivity contribution < 1.29 is 9.47 Å². The molecule has 2 rings (SSSR count). The molecule has 0 unspecified atom stereocenters. The van der Waals surface area contributed by atoms with Crippen molar-refractivity contribution in [1.82, 2.24) is 9.97 Å². The van der Waals surface area contributed by atoms with Crippen LogP contribution < -0.4 is 9.47 Å². The predicted molar refractivity (Wildman–Crippen MR) is 93.8 cm³/mol. The molecule has 0 aliphatic heterocycles. The number of halogens is 1. The van der Waals surface area contributed by atoms with E-state index in [1.54, 1.807) is 17.5 Å². The quantitative estimate of drug-likeness (QED) is 0.717. The van der Waals surface area contributed by atoms with Crippen LogP contribution in [-0.2, 0) is 0 Å². The van der Waals surface area contributed by atoms with E-state index in [1.165, 1.54) is 0 Å². The lowest BCUT2D eigenvalue weighted by molar-refractivity contribution is 0.103. The molecule has 0 atom stereocenters. The molecule has 2 aromatic heterocycles. The molecule has 2 aromatic rings. The number of aromatic nitrogens is 2. The van der Waals surface area contributed by atoms with Gasteiger partial charge in [-0.05, 0) is 69.6 Å². The molecule has 0 saturated carbocycles. The Labute approximate surface area is 144 Å². The van der Waals surface area contributed by atoms with Gasteiger partial charge in [0.15, 0.2) is 0 Å². The predicted octanol–water partition coefficient (Wildman–Crippen LogP) is 5.32. The third-order valence-corrected chi connectivity index (χ3v) is 4.03. The number of ether oxygens (including phenoxy) is 2. The lowest BCUT2D eigenvalue weighted by atomic mass is 10.2. The van der Waals surface area contributed by atoms with E-state index in [-0.39, 0.29) is 11.2 Å². The number of hydrogen-bond donors (Lipinski definition) is 0. The van der Waals surface area contributed by atoms with Gasteiger partial charge in [0.05, 0.1) is 9.35 Å². The Kier molecular flexibility index (Phi) is 4.82. The topological polar surface area (TPSA) is 44.2 Å². The highest BCUT2D eigenvalue weighted by molar-refractivity contribution is 9.11. The van der Waals surface area contributed by atoms with Crippen LogP contribution >= 0.6 is 27.3 Å². The molecule has 6 heteroatoms. The Bertz CT molecular complexity index is 657. The largest absolute Gasteiger partial charge is 0.471 e. The van der Waals surface area contributed by atoms with E-state index in [4.69, 9.17) is 9.47 Å². The summed E-state index contributed by atoms with van der Waals surface area (Å²) in [6.45, 7) is 11.9. The van der Waals surface area contributed by atoms with Crippen molar-refractivity contribution in [2.45, 2.75) is 52.7 Å². The first-order valence-corrected chi connectivity index (χ1v) is 8.65. The summed E-state index contributed by atoms with van der Waals surface area (Å²) in [7, 11) is 0. The zero-order chi connectivity index (χ0) is 16.5. The molecule has 0 spiro atoms. The van der Waals surface area contributed by atoms with Gasteiger partial charge in [-0.2, -0.15) is 4.98 Å². The average molecular weight is 385 g/mol. The van der Waals surface area contributed by atoms with Crippen molar-refractivity contribution in [2.75, 3.05) is 0 Å². The van der Waals surface area contributed by atoms with E-state index in [0.29, 0.717) is 11.9 Å². The van der Waals surface area contributed by atoms with Crippen molar-refractivity contribution >= 4 is 27.3 Å². The van der Waals surface area contributed by atoms with Crippen LogP contribution in [0.25, 0.3) is 10.4 Å². The van der Waals surface area contributed by atoms with Crippen LogP contribution in [-0.4, -0.2) is 21.2 Å². The van der Waals surface area contributed by atoms with E-state index in [0.717, 1.165) is 14.2 Å². The van der Waals surface area contributed by atoms with Crippen molar-refractivity contribution in [3.63, 3.8) is 0 Å². The standard InChI is InChI=1S/C16H21BrN2O2S/c1-15(2,3)20-13-10(11-7-8-12(17)22-11)9-18-14(19-13)21-16(4,5)6/h7-9H,1-6H3. The molecule has 4 nitrogen and oxygen atoms in total. The number of rotatable bonds is 3. The maximum atomic E-state index is 6.01. The van der Waals surface area contributed by atoms with Gasteiger partial charge >= 0.3 is 6.01 Å². The number of hydrogen-bond acceptors (Lipinski definition) is 5. The number of thiophene rings is 1. The molecule has 0 aliphatic carbocycles. The Morgan fingerprint density at radius 3 is 2.14 bits per heavy atom. The van der Waals surface area contributed by atoms with Gasteiger partial charge in [0.2, 0.25) is 5.88 Å². The van der Waals surface area contributed by atoms with Crippen molar-refractivity contribution in [2.24, 2.45) is 0 Å². The Morgan fingerprint density at radius 1 is 1.00 bits per heavy atom. The minimum Gasteiger partial charge on any atom is -0.471 e. The first-order valence-electron chi connectivity index (χ1n) is 7.04. The maximum absolute atomic E-state index is 6.01. The summed E-state index contributed by atoms with van der Waals surface area (Å²) in [5, 5.41) is 0. The Balaban J connectivity index is 2.44. The number of nitrogens with zero attached hydrogens (tertiary/aromatic N) is 2. The van der Waals surface area contributed by atoms with Gasteiger partial charge in [-0.3, -0.25) is 0 Å². The molecule has 0 radical (unpaired) electrons. The van der Waals surface area contributed by atoms with Crippen LogP contribution in [0.15, 0.2) is 22.1 Å². The van der Waals surface area contributed by atoms with E-state index in [2.05, 4.69) is 25.9 Å². The third kappa shape index (κ3) is 4.95. The molecule has 0 bridgehead atoms. The molecule has 0 fully saturated rings. The van der Waals surface area contributed by atoms with Gasteiger partial charge in [-0.15, -0.1) is 11.3 Å². The van der Waals surface area contributed by atoms with Crippen molar-refractivity contribution in [1.29, 1.82) is 0 Å². The van der Waals surface area contributed by atoms with Crippen LogP contribution in [0.3, 0.4) is 0 Å². The molecule has 120 valence electrons. The highest BCUT2D eigenvalue weighted by atomic mass is 79.9. The minimum atomic E-state index is -0.355. The van der Waals surface area contributed by atoms with Crippen LogP contribution in [0.5, 0.6) is 11.9 Å². The summed E-state index contributed by atoms with van der Waals surface area (Å²) in [5.74, 6) is 0.538. The summed E-state index contributed by atoms with van der Waals surface area (Å²) in [5.41, 5.74) is 0.162. The fraction of sp³-hybridized carbons (Fsp3) is 0.500. The molecule has 22 heavy (non-hydrogen) atoms. The maximum Gasteiger partial charge on any atom is 0.320 e. The molecule has 0 aromatic carbocycles. The van der Waals surface area contributed by atoms with Gasteiger partial charge in [-0.25, -0.2) is 4.98 Å². The van der Waals surface area contributed by atoms with Crippen molar-refractivity contribution in [3.8, 4) is 22.3 Å². The van der Waals surface area contributed by atoms with Crippen LogP contribution in [0, 0.1) is 0 Å². The molecule has 0 N–H and O–H groups in total. The third-order valence-electron chi connectivity index (χ3n) is 2.37. The summed E-state index contributed by atoms with van der Waals surface area (Å²) in [4.78, 5) is 9.83. The van der Waals surface area contributed by atoms with Gasteiger partial charge in [0, 0.05) is 11.1 Å². The second-order valence-corrected chi connectivity index (χ2v) is 9.37. The molecule has 0 aliphatic rings. The van der Waals surface area contributed by atoms with Crippen LogP contribution in [0.2, 0.25) is 0 Å². The summed E-state index contributed by atoms with van der Waals surface area (Å²) >= 11 is 5.10.